The molecule has 1 aliphatic rings. The van der Waals surface area contributed by atoms with Crippen LogP contribution < -0.4 is 5.32 Å². The molecule has 2 rings (SSSR count). The molecule has 1 saturated carbocycles. The second-order valence-corrected chi connectivity index (χ2v) is 5.41. The summed E-state index contributed by atoms with van der Waals surface area (Å²) in [5.74, 6) is -4.40. The maximum atomic E-state index is 13.5. The molecule has 3 atom stereocenters. The molecule has 1 aromatic carbocycles. The molecule has 114 valence electrons. The molecule has 0 saturated heterocycles. The van der Waals surface area contributed by atoms with Crippen LogP contribution >= 0.6 is 0 Å². The molecule has 0 aliphatic heterocycles. The highest BCUT2D eigenvalue weighted by atomic mass is 19.1. The summed E-state index contributed by atoms with van der Waals surface area (Å²) in [6.45, 7) is 1.95. The van der Waals surface area contributed by atoms with Gasteiger partial charge in [-0.05, 0) is 30.9 Å². The summed E-state index contributed by atoms with van der Waals surface area (Å²) in [6, 6.07) is 2.84. The van der Waals surface area contributed by atoms with Gasteiger partial charge >= 0.3 is 5.97 Å². The first-order chi connectivity index (χ1) is 9.92. The van der Waals surface area contributed by atoms with Crippen molar-refractivity contribution in [2.75, 3.05) is 5.32 Å². The molecule has 2 N–H and O–H groups in total. The lowest BCUT2D eigenvalue weighted by Crippen LogP contribution is -2.30. The summed E-state index contributed by atoms with van der Waals surface area (Å²) in [7, 11) is 0. The van der Waals surface area contributed by atoms with E-state index in [0.717, 1.165) is 18.6 Å². The number of carbonyl (C=O) groups excluding carboxylic acids is 1. The van der Waals surface area contributed by atoms with Crippen LogP contribution in [-0.2, 0) is 9.59 Å². The smallest absolute Gasteiger partial charge is 0.307 e. The van der Waals surface area contributed by atoms with Crippen molar-refractivity contribution in [1.82, 2.24) is 0 Å². The lowest BCUT2D eigenvalue weighted by Gasteiger charge is -2.15. The Morgan fingerprint density at radius 1 is 1.29 bits per heavy atom. The number of aliphatic carboxylic acids is 1. The van der Waals surface area contributed by atoms with Crippen LogP contribution in [0.25, 0.3) is 0 Å². The first kappa shape index (κ1) is 15.4. The maximum absolute atomic E-state index is 13.5. The molecule has 4 nitrogen and oxygen atoms in total. The highest BCUT2D eigenvalue weighted by Crippen LogP contribution is 2.39. The molecule has 0 aromatic heterocycles. The average molecular weight is 297 g/mol. The predicted octanol–water partition coefficient (Wildman–Crippen LogP) is 3.04. The molecule has 1 amide bonds. The number of benzene rings is 1. The van der Waals surface area contributed by atoms with Crippen LogP contribution in [0, 0.1) is 29.4 Å². The first-order valence-electron chi connectivity index (χ1n) is 6.91. The number of halogens is 2. The van der Waals surface area contributed by atoms with Gasteiger partial charge in [-0.2, -0.15) is 0 Å². The molecule has 6 heteroatoms. The Balaban J connectivity index is 2.13. The van der Waals surface area contributed by atoms with Crippen LogP contribution in [0.15, 0.2) is 18.2 Å². The van der Waals surface area contributed by atoms with Crippen LogP contribution in [0.5, 0.6) is 0 Å². The fourth-order valence-corrected chi connectivity index (χ4v) is 2.86. The fourth-order valence-electron chi connectivity index (χ4n) is 2.86. The van der Waals surface area contributed by atoms with Crippen molar-refractivity contribution < 1.29 is 23.5 Å². The molecule has 0 bridgehead atoms. The predicted molar refractivity (Wildman–Crippen MR) is 72.6 cm³/mol. The van der Waals surface area contributed by atoms with Crippen LogP contribution in [0.1, 0.15) is 26.2 Å². The van der Waals surface area contributed by atoms with E-state index in [1.165, 1.54) is 0 Å². The molecule has 3 unspecified atom stereocenters. The van der Waals surface area contributed by atoms with E-state index in [9.17, 15) is 23.5 Å². The minimum absolute atomic E-state index is 0.134. The van der Waals surface area contributed by atoms with Crippen LogP contribution in [-0.4, -0.2) is 17.0 Å². The number of rotatable bonds is 4. The third-order valence-electron chi connectivity index (χ3n) is 4.08. The van der Waals surface area contributed by atoms with Crippen molar-refractivity contribution in [3.63, 3.8) is 0 Å². The van der Waals surface area contributed by atoms with Crippen molar-refractivity contribution in [2.24, 2.45) is 17.8 Å². The molecule has 1 aromatic rings. The largest absolute Gasteiger partial charge is 0.481 e. The summed E-state index contributed by atoms with van der Waals surface area (Å²) in [4.78, 5) is 23.4. The third kappa shape index (κ3) is 3.37. The van der Waals surface area contributed by atoms with E-state index >= 15 is 0 Å². The maximum Gasteiger partial charge on any atom is 0.307 e. The van der Waals surface area contributed by atoms with E-state index in [1.54, 1.807) is 0 Å². The van der Waals surface area contributed by atoms with Gasteiger partial charge in [0.2, 0.25) is 5.91 Å². The van der Waals surface area contributed by atoms with E-state index in [-0.39, 0.29) is 11.6 Å². The van der Waals surface area contributed by atoms with Gasteiger partial charge in [-0.25, -0.2) is 8.78 Å². The van der Waals surface area contributed by atoms with Gasteiger partial charge in [-0.15, -0.1) is 0 Å². The number of hydrogen-bond donors (Lipinski definition) is 2. The number of anilines is 1. The normalized spacial score (nSPS) is 24.8. The Kier molecular flexibility index (Phi) is 4.55. The Labute approximate surface area is 121 Å². The van der Waals surface area contributed by atoms with Gasteiger partial charge in [0.25, 0.3) is 0 Å². The quantitative estimate of drug-likeness (QED) is 0.897. The second kappa shape index (κ2) is 6.20. The summed E-state index contributed by atoms with van der Waals surface area (Å²) in [5.41, 5.74) is -0.134. The highest BCUT2D eigenvalue weighted by Gasteiger charge is 2.42. The Hall–Kier alpha value is -1.98. The van der Waals surface area contributed by atoms with Crippen molar-refractivity contribution in [3.05, 3.63) is 29.8 Å². The SMILES string of the molecule is CCC1CC(C(=O)O)C(C(=O)Nc2ccc(F)cc2F)C1. The summed E-state index contributed by atoms with van der Waals surface area (Å²) < 4.78 is 26.3. The monoisotopic (exact) mass is 297 g/mol. The zero-order valence-electron chi connectivity index (χ0n) is 11.6. The third-order valence-corrected chi connectivity index (χ3v) is 4.08. The molecule has 21 heavy (non-hydrogen) atoms. The second-order valence-electron chi connectivity index (χ2n) is 5.41. The Bertz CT molecular complexity index is 562. The first-order valence-corrected chi connectivity index (χ1v) is 6.91. The molecule has 0 spiro atoms. The van der Waals surface area contributed by atoms with Gasteiger partial charge in [0, 0.05) is 6.07 Å². The molecule has 0 heterocycles. The number of carbonyl (C=O) groups is 2. The lowest BCUT2D eigenvalue weighted by atomic mass is 9.95. The Morgan fingerprint density at radius 3 is 2.52 bits per heavy atom. The van der Waals surface area contributed by atoms with E-state index in [2.05, 4.69) is 5.32 Å². The van der Waals surface area contributed by atoms with E-state index in [4.69, 9.17) is 0 Å². The average Bonchev–Trinajstić information content (AvgIpc) is 2.86. The van der Waals surface area contributed by atoms with E-state index < -0.39 is 35.3 Å². The van der Waals surface area contributed by atoms with Gasteiger partial charge < -0.3 is 10.4 Å². The van der Waals surface area contributed by atoms with Gasteiger partial charge in [-0.3, -0.25) is 9.59 Å². The standard InChI is InChI=1S/C15H17F2NO3/c1-2-8-5-10(11(6-8)15(20)21)14(19)18-13-4-3-9(16)7-12(13)17/h3-4,7-8,10-11H,2,5-6H2,1H3,(H,18,19)(H,20,21). The van der Waals surface area contributed by atoms with Crippen molar-refractivity contribution in [1.29, 1.82) is 0 Å². The molecule has 0 radical (unpaired) electrons. The van der Waals surface area contributed by atoms with Gasteiger partial charge in [-0.1, -0.05) is 13.3 Å². The summed E-state index contributed by atoms with van der Waals surface area (Å²) >= 11 is 0. The molecule has 1 aliphatic carbocycles. The summed E-state index contributed by atoms with van der Waals surface area (Å²) in [6.07, 6.45) is 1.73. The minimum Gasteiger partial charge on any atom is -0.481 e. The van der Waals surface area contributed by atoms with Crippen LogP contribution in [0.2, 0.25) is 0 Å². The van der Waals surface area contributed by atoms with Crippen LogP contribution in [0.4, 0.5) is 14.5 Å². The van der Waals surface area contributed by atoms with E-state index in [1.807, 2.05) is 6.92 Å². The van der Waals surface area contributed by atoms with Crippen molar-refractivity contribution >= 4 is 17.6 Å². The van der Waals surface area contributed by atoms with Crippen molar-refractivity contribution in [3.8, 4) is 0 Å². The molecule has 1 fully saturated rings. The number of hydrogen-bond acceptors (Lipinski definition) is 2. The summed E-state index contributed by atoms with van der Waals surface area (Å²) in [5, 5.41) is 11.6. The van der Waals surface area contributed by atoms with Gasteiger partial charge in [0.05, 0.1) is 17.5 Å². The lowest BCUT2D eigenvalue weighted by molar-refractivity contribution is -0.145. The Morgan fingerprint density at radius 2 is 1.95 bits per heavy atom. The van der Waals surface area contributed by atoms with Crippen molar-refractivity contribution in [2.45, 2.75) is 26.2 Å². The highest BCUT2D eigenvalue weighted by molar-refractivity contribution is 5.95. The van der Waals surface area contributed by atoms with Gasteiger partial charge in [0.1, 0.15) is 11.6 Å². The minimum atomic E-state index is -1.01. The number of amides is 1. The molecular weight excluding hydrogens is 280 g/mol. The zero-order chi connectivity index (χ0) is 15.6. The fraction of sp³-hybridized carbons (Fsp3) is 0.467. The number of carboxylic acid groups (broad SMARTS) is 1. The van der Waals surface area contributed by atoms with Crippen LogP contribution in [0.3, 0.4) is 0 Å². The van der Waals surface area contributed by atoms with E-state index in [0.29, 0.717) is 18.9 Å². The number of carboxylic acids is 1. The molecular formula is C15H17F2NO3. The number of nitrogens with one attached hydrogen (secondary N) is 1. The van der Waals surface area contributed by atoms with Gasteiger partial charge in [0.15, 0.2) is 0 Å². The topological polar surface area (TPSA) is 66.4 Å². The zero-order valence-corrected chi connectivity index (χ0v) is 11.6.